The van der Waals surface area contributed by atoms with Gasteiger partial charge in [-0.2, -0.15) is 0 Å². The van der Waals surface area contributed by atoms with Gasteiger partial charge in [0.25, 0.3) is 5.91 Å². The number of nitrogens with one attached hydrogen (secondary N) is 1. The largest absolute Gasteiger partial charge is 0.383 e. The standard InChI is InChI=1S/C12H16F2N2O2/c1-18-7-9(4-5-15)16-12(17)10-3-2-8(13)6-11(10)14/h2-3,6,9H,4-5,7,15H2,1H3,(H,16,17). The zero-order valence-electron chi connectivity index (χ0n) is 10.1. The third-order valence-electron chi connectivity index (χ3n) is 2.39. The van der Waals surface area contributed by atoms with Crippen LogP contribution in [-0.4, -0.2) is 32.2 Å². The van der Waals surface area contributed by atoms with Crippen molar-refractivity contribution in [2.75, 3.05) is 20.3 Å². The zero-order valence-corrected chi connectivity index (χ0v) is 10.1. The van der Waals surface area contributed by atoms with Crippen LogP contribution < -0.4 is 11.1 Å². The van der Waals surface area contributed by atoms with Crippen LogP contribution in [0.5, 0.6) is 0 Å². The molecule has 0 radical (unpaired) electrons. The van der Waals surface area contributed by atoms with Crippen molar-refractivity contribution < 1.29 is 18.3 Å². The Balaban J connectivity index is 2.73. The maximum Gasteiger partial charge on any atom is 0.254 e. The van der Waals surface area contributed by atoms with E-state index in [4.69, 9.17) is 10.5 Å². The number of nitrogens with two attached hydrogens (primary N) is 1. The number of methoxy groups -OCH3 is 1. The molecule has 1 aromatic rings. The van der Waals surface area contributed by atoms with Crippen molar-refractivity contribution in [1.82, 2.24) is 5.32 Å². The predicted molar refractivity (Wildman–Crippen MR) is 63.2 cm³/mol. The molecule has 0 spiro atoms. The fraction of sp³-hybridized carbons (Fsp3) is 0.417. The lowest BCUT2D eigenvalue weighted by molar-refractivity contribution is 0.0889. The number of benzene rings is 1. The Hall–Kier alpha value is -1.53. The number of ether oxygens (including phenoxy) is 1. The fourth-order valence-corrected chi connectivity index (χ4v) is 1.54. The van der Waals surface area contributed by atoms with Gasteiger partial charge in [0.15, 0.2) is 0 Å². The molecule has 1 rings (SSSR count). The molecule has 1 amide bonds. The van der Waals surface area contributed by atoms with E-state index in [0.29, 0.717) is 19.0 Å². The number of carbonyl (C=O) groups excluding carboxylic acids is 1. The van der Waals surface area contributed by atoms with E-state index in [2.05, 4.69) is 5.32 Å². The van der Waals surface area contributed by atoms with Crippen LogP contribution >= 0.6 is 0 Å². The Morgan fingerprint density at radius 3 is 2.78 bits per heavy atom. The lowest BCUT2D eigenvalue weighted by Crippen LogP contribution is -2.39. The van der Waals surface area contributed by atoms with Gasteiger partial charge in [-0.25, -0.2) is 8.78 Å². The Kier molecular flexibility index (Phi) is 5.67. The van der Waals surface area contributed by atoms with Crippen LogP contribution in [0.25, 0.3) is 0 Å². The van der Waals surface area contributed by atoms with Gasteiger partial charge in [-0.15, -0.1) is 0 Å². The Labute approximate surface area is 104 Å². The number of rotatable bonds is 6. The maximum atomic E-state index is 13.4. The highest BCUT2D eigenvalue weighted by atomic mass is 19.1. The smallest absolute Gasteiger partial charge is 0.254 e. The van der Waals surface area contributed by atoms with Gasteiger partial charge in [0, 0.05) is 13.2 Å². The average molecular weight is 258 g/mol. The first kappa shape index (κ1) is 14.5. The molecule has 1 atom stereocenters. The maximum absolute atomic E-state index is 13.4. The molecule has 18 heavy (non-hydrogen) atoms. The fourth-order valence-electron chi connectivity index (χ4n) is 1.54. The van der Waals surface area contributed by atoms with Gasteiger partial charge in [-0.05, 0) is 25.1 Å². The molecule has 6 heteroatoms. The number of hydrogen-bond donors (Lipinski definition) is 2. The summed E-state index contributed by atoms with van der Waals surface area (Å²) in [5.41, 5.74) is 5.19. The summed E-state index contributed by atoms with van der Waals surface area (Å²) >= 11 is 0. The second kappa shape index (κ2) is 7.03. The van der Waals surface area contributed by atoms with Crippen molar-refractivity contribution in [3.8, 4) is 0 Å². The number of carbonyl (C=O) groups is 1. The van der Waals surface area contributed by atoms with E-state index in [0.717, 1.165) is 12.1 Å². The molecule has 100 valence electrons. The van der Waals surface area contributed by atoms with Crippen LogP contribution in [0.3, 0.4) is 0 Å². The van der Waals surface area contributed by atoms with E-state index in [-0.39, 0.29) is 18.2 Å². The molecule has 0 aliphatic heterocycles. The van der Waals surface area contributed by atoms with E-state index in [1.165, 1.54) is 7.11 Å². The van der Waals surface area contributed by atoms with Gasteiger partial charge < -0.3 is 15.8 Å². The molecule has 0 fully saturated rings. The second-order valence-corrected chi connectivity index (χ2v) is 3.83. The summed E-state index contributed by atoms with van der Waals surface area (Å²) in [6.45, 7) is 0.659. The van der Waals surface area contributed by atoms with Crippen LogP contribution in [0.4, 0.5) is 8.78 Å². The molecule has 1 aromatic carbocycles. The van der Waals surface area contributed by atoms with E-state index in [1.54, 1.807) is 0 Å². The molecule has 4 nitrogen and oxygen atoms in total. The molecule has 3 N–H and O–H groups in total. The van der Waals surface area contributed by atoms with Crippen molar-refractivity contribution in [2.24, 2.45) is 5.73 Å². The minimum Gasteiger partial charge on any atom is -0.383 e. The number of amides is 1. The summed E-state index contributed by atoms with van der Waals surface area (Å²) in [5, 5.41) is 2.59. The first-order chi connectivity index (χ1) is 8.58. The molecule has 1 unspecified atom stereocenters. The van der Waals surface area contributed by atoms with E-state index in [1.807, 2.05) is 0 Å². The summed E-state index contributed by atoms with van der Waals surface area (Å²) in [5.74, 6) is -2.22. The van der Waals surface area contributed by atoms with Crippen molar-refractivity contribution in [3.05, 3.63) is 35.4 Å². The molecule has 0 aliphatic carbocycles. The third kappa shape index (κ3) is 4.05. The van der Waals surface area contributed by atoms with Crippen molar-refractivity contribution in [2.45, 2.75) is 12.5 Å². The Morgan fingerprint density at radius 2 is 2.22 bits per heavy atom. The second-order valence-electron chi connectivity index (χ2n) is 3.83. The van der Waals surface area contributed by atoms with Gasteiger partial charge in [-0.1, -0.05) is 0 Å². The molecule has 0 saturated carbocycles. The molecule has 0 aromatic heterocycles. The highest BCUT2D eigenvalue weighted by Gasteiger charge is 2.16. The minimum absolute atomic E-state index is 0.200. The van der Waals surface area contributed by atoms with Crippen LogP contribution in [-0.2, 0) is 4.74 Å². The first-order valence-corrected chi connectivity index (χ1v) is 5.53. The molecule has 0 saturated heterocycles. The summed E-state index contributed by atoms with van der Waals surface area (Å²) in [6.07, 6.45) is 0.516. The van der Waals surface area contributed by atoms with Crippen molar-refractivity contribution in [3.63, 3.8) is 0 Å². The summed E-state index contributed by atoms with van der Waals surface area (Å²) in [6, 6.07) is 2.51. The highest BCUT2D eigenvalue weighted by Crippen LogP contribution is 2.09. The normalized spacial score (nSPS) is 12.2. The van der Waals surface area contributed by atoms with Gasteiger partial charge in [0.05, 0.1) is 18.2 Å². The molecular formula is C12H16F2N2O2. The summed E-state index contributed by atoms with van der Waals surface area (Å²) < 4.78 is 31.0. The SMILES string of the molecule is COCC(CCN)NC(=O)c1ccc(F)cc1F. The monoisotopic (exact) mass is 258 g/mol. The molecule has 0 heterocycles. The molecular weight excluding hydrogens is 242 g/mol. The summed E-state index contributed by atoms with van der Waals surface area (Å²) in [7, 11) is 1.49. The average Bonchev–Trinajstić information content (AvgIpc) is 2.29. The Bertz CT molecular complexity index is 407. The van der Waals surface area contributed by atoms with Crippen molar-refractivity contribution >= 4 is 5.91 Å². The predicted octanol–water partition coefficient (Wildman–Crippen LogP) is 1.06. The van der Waals surface area contributed by atoms with Gasteiger partial charge in [0.2, 0.25) is 0 Å². The third-order valence-corrected chi connectivity index (χ3v) is 2.39. The highest BCUT2D eigenvalue weighted by molar-refractivity contribution is 5.94. The van der Waals surface area contributed by atoms with E-state index < -0.39 is 17.5 Å². The van der Waals surface area contributed by atoms with Crippen LogP contribution in [0.1, 0.15) is 16.8 Å². The van der Waals surface area contributed by atoms with Crippen LogP contribution in [0.2, 0.25) is 0 Å². The van der Waals surface area contributed by atoms with Crippen LogP contribution in [0, 0.1) is 11.6 Å². The number of hydrogen-bond acceptors (Lipinski definition) is 3. The van der Waals surface area contributed by atoms with E-state index in [9.17, 15) is 13.6 Å². The molecule has 0 bridgehead atoms. The first-order valence-electron chi connectivity index (χ1n) is 5.53. The van der Waals surface area contributed by atoms with Crippen molar-refractivity contribution in [1.29, 1.82) is 0 Å². The van der Waals surface area contributed by atoms with E-state index >= 15 is 0 Å². The zero-order chi connectivity index (χ0) is 13.5. The lowest BCUT2D eigenvalue weighted by Gasteiger charge is -2.17. The summed E-state index contributed by atoms with van der Waals surface area (Å²) in [4.78, 5) is 11.8. The lowest BCUT2D eigenvalue weighted by atomic mass is 10.1. The van der Waals surface area contributed by atoms with Crippen LogP contribution in [0.15, 0.2) is 18.2 Å². The van der Waals surface area contributed by atoms with Gasteiger partial charge in [-0.3, -0.25) is 4.79 Å². The topological polar surface area (TPSA) is 64.3 Å². The Morgan fingerprint density at radius 1 is 1.50 bits per heavy atom. The van der Waals surface area contributed by atoms with Gasteiger partial charge in [0.1, 0.15) is 11.6 Å². The molecule has 0 aliphatic rings. The quantitative estimate of drug-likeness (QED) is 0.802. The minimum atomic E-state index is -0.892. The number of halogens is 2. The van der Waals surface area contributed by atoms with Gasteiger partial charge >= 0.3 is 0 Å².